The van der Waals surface area contributed by atoms with Gasteiger partial charge in [-0.2, -0.15) is 26.3 Å². The normalized spacial score (nSPS) is 16.1. The van der Waals surface area contributed by atoms with E-state index in [1.807, 2.05) is 0 Å². The van der Waals surface area contributed by atoms with Crippen LogP contribution in [0.3, 0.4) is 0 Å². The molecule has 0 bridgehead atoms. The topological polar surface area (TPSA) is 90.4 Å². The number of aromatic nitrogens is 3. The molecule has 0 atom stereocenters. The first-order chi connectivity index (χ1) is 17.0. The Morgan fingerprint density at radius 3 is 2.30 bits per heavy atom. The van der Waals surface area contributed by atoms with Crippen molar-refractivity contribution in [1.29, 1.82) is 0 Å². The minimum absolute atomic E-state index is 0.0508. The zero-order chi connectivity index (χ0) is 27.4. The standard InChI is InChI=1S/C22H12F8N4O2S/c23-15-9-16(24)17(37(31,35)36)8-13(15)3-2-12-4-5-20(21(25,26)27,22(28,29)30)10-14(12)18-19-32-6-1-7-34(19)11-33-18/h1,4,6-11H,5H2,(H2,31,35,36). The van der Waals surface area contributed by atoms with Gasteiger partial charge in [-0.05, 0) is 24.6 Å². The number of fused-ring (bicyclic) bond motifs is 1. The highest BCUT2D eigenvalue weighted by atomic mass is 32.2. The number of imidazole rings is 1. The van der Waals surface area contributed by atoms with Crippen molar-refractivity contribution in [2.45, 2.75) is 23.7 Å². The summed E-state index contributed by atoms with van der Waals surface area (Å²) in [6, 6.07) is 2.09. The summed E-state index contributed by atoms with van der Waals surface area (Å²) in [4.78, 5) is 6.73. The molecule has 2 aromatic heterocycles. The first-order valence-corrected chi connectivity index (χ1v) is 11.5. The number of alkyl halides is 6. The number of nitrogens with two attached hydrogens (primary N) is 1. The maximum atomic E-state index is 14.3. The number of nitrogens with zero attached hydrogens (tertiary/aromatic N) is 3. The van der Waals surface area contributed by atoms with Crippen LogP contribution >= 0.6 is 0 Å². The highest BCUT2D eigenvalue weighted by molar-refractivity contribution is 7.89. The van der Waals surface area contributed by atoms with Gasteiger partial charge in [0.25, 0.3) is 0 Å². The summed E-state index contributed by atoms with van der Waals surface area (Å²) >= 11 is 0. The Bertz CT molecular complexity index is 1630. The molecule has 2 heterocycles. The molecule has 2 N–H and O–H groups in total. The molecule has 194 valence electrons. The second-order valence-electron chi connectivity index (χ2n) is 7.85. The molecule has 0 amide bonds. The maximum absolute atomic E-state index is 14.3. The molecule has 1 aliphatic carbocycles. The van der Waals surface area contributed by atoms with Crippen LogP contribution in [0.25, 0.3) is 11.2 Å². The quantitative estimate of drug-likeness (QED) is 0.377. The fourth-order valence-electron chi connectivity index (χ4n) is 3.63. The largest absolute Gasteiger partial charge is 0.406 e. The number of rotatable bonds is 2. The first-order valence-electron chi connectivity index (χ1n) is 9.94. The average molecular weight is 548 g/mol. The van der Waals surface area contributed by atoms with Gasteiger partial charge in [0, 0.05) is 29.6 Å². The molecule has 0 unspecified atom stereocenters. The van der Waals surface area contributed by atoms with E-state index in [0.29, 0.717) is 12.1 Å². The number of hydrogen-bond donors (Lipinski definition) is 1. The minimum Gasteiger partial charge on any atom is -0.290 e. The van der Waals surface area contributed by atoms with E-state index < -0.39 is 67.5 Å². The zero-order valence-electron chi connectivity index (χ0n) is 18.0. The summed E-state index contributed by atoms with van der Waals surface area (Å²) < 4.78 is 135. The van der Waals surface area contributed by atoms with Gasteiger partial charge in [-0.15, -0.1) is 0 Å². The van der Waals surface area contributed by atoms with Gasteiger partial charge in [-0.25, -0.2) is 32.3 Å². The van der Waals surface area contributed by atoms with E-state index in [9.17, 15) is 43.5 Å². The molecule has 0 spiro atoms. The van der Waals surface area contributed by atoms with Crippen LogP contribution in [-0.2, 0) is 10.0 Å². The molecule has 15 heteroatoms. The van der Waals surface area contributed by atoms with Crippen LogP contribution in [0.1, 0.15) is 17.7 Å². The molecule has 6 nitrogen and oxygen atoms in total. The van der Waals surface area contributed by atoms with Crippen molar-refractivity contribution in [3.63, 3.8) is 0 Å². The Balaban J connectivity index is 1.94. The molecule has 0 fully saturated rings. The molecule has 37 heavy (non-hydrogen) atoms. The van der Waals surface area contributed by atoms with E-state index in [0.717, 1.165) is 6.33 Å². The Morgan fingerprint density at radius 1 is 1.00 bits per heavy atom. The van der Waals surface area contributed by atoms with Crippen molar-refractivity contribution in [3.05, 3.63) is 77.5 Å². The molecule has 0 radical (unpaired) electrons. The highest BCUT2D eigenvalue weighted by Gasteiger charge is 2.69. The molecular weight excluding hydrogens is 536 g/mol. The summed E-state index contributed by atoms with van der Waals surface area (Å²) in [5, 5.41) is 4.88. The van der Waals surface area contributed by atoms with Gasteiger partial charge < -0.3 is 0 Å². The number of halogens is 8. The summed E-state index contributed by atoms with van der Waals surface area (Å²) in [7, 11) is -4.64. The van der Waals surface area contributed by atoms with Crippen LogP contribution in [0.5, 0.6) is 0 Å². The first kappa shape index (κ1) is 26.3. The SMILES string of the molecule is NS(=O)(=O)c1cc(C#CC2=CCC(C(F)(F)F)(C(F)(F)F)C=C2c2ncn3cccnc23)c(F)cc1F. The lowest BCUT2D eigenvalue weighted by molar-refractivity contribution is -0.320. The lowest BCUT2D eigenvalue weighted by Gasteiger charge is -2.36. The third kappa shape index (κ3) is 4.58. The smallest absolute Gasteiger partial charge is 0.290 e. The van der Waals surface area contributed by atoms with Crippen LogP contribution in [0, 0.1) is 28.9 Å². The fourth-order valence-corrected chi connectivity index (χ4v) is 4.24. The van der Waals surface area contributed by atoms with E-state index in [-0.39, 0.29) is 23.5 Å². The second kappa shape index (κ2) is 8.67. The molecule has 1 aromatic carbocycles. The molecule has 0 saturated carbocycles. The van der Waals surface area contributed by atoms with Crippen LogP contribution in [0.4, 0.5) is 35.1 Å². The fraction of sp³-hybridized carbons (Fsp3) is 0.182. The molecule has 1 aliphatic rings. The van der Waals surface area contributed by atoms with E-state index in [1.54, 1.807) is 0 Å². The Labute approximate surface area is 203 Å². The molecular formula is C22H12F8N4O2S. The highest BCUT2D eigenvalue weighted by Crippen LogP contribution is 2.57. The summed E-state index contributed by atoms with van der Waals surface area (Å²) in [6.07, 6.45) is -8.84. The Morgan fingerprint density at radius 2 is 1.68 bits per heavy atom. The van der Waals surface area contributed by atoms with Gasteiger partial charge in [-0.3, -0.25) is 4.40 Å². The van der Waals surface area contributed by atoms with Gasteiger partial charge in [0.05, 0.1) is 5.56 Å². The molecule has 0 aliphatic heterocycles. The summed E-state index contributed by atoms with van der Waals surface area (Å²) in [5.41, 5.74) is -6.57. The van der Waals surface area contributed by atoms with Crippen LogP contribution in [-0.4, -0.2) is 35.1 Å². The Kier molecular flexibility index (Phi) is 6.16. The number of primary sulfonamides is 1. The van der Waals surface area contributed by atoms with Crippen molar-refractivity contribution < 1.29 is 43.5 Å². The minimum atomic E-state index is -5.76. The van der Waals surface area contributed by atoms with Crippen molar-refractivity contribution in [3.8, 4) is 11.8 Å². The number of allylic oxidation sites excluding steroid dienone is 4. The predicted molar refractivity (Wildman–Crippen MR) is 113 cm³/mol. The lowest BCUT2D eigenvalue weighted by atomic mass is 9.75. The van der Waals surface area contributed by atoms with E-state index in [4.69, 9.17) is 5.14 Å². The van der Waals surface area contributed by atoms with Gasteiger partial charge in [0.1, 0.15) is 28.6 Å². The van der Waals surface area contributed by atoms with E-state index >= 15 is 0 Å². The average Bonchev–Trinajstić information content (AvgIpc) is 3.20. The lowest BCUT2D eigenvalue weighted by Crippen LogP contribution is -2.49. The van der Waals surface area contributed by atoms with Crippen LogP contribution < -0.4 is 5.14 Å². The number of benzene rings is 1. The Hall–Kier alpha value is -3.77. The monoisotopic (exact) mass is 548 g/mol. The summed E-state index contributed by atoms with van der Waals surface area (Å²) in [5.74, 6) is 1.53. The maximum Gasteiger partial charge on any atom is 0.406 e. The van der Waals surface area contributed by atoms with Gasteiger partial charge in [-0.1, -0.05) is 17.9 Å². The van der Waals surface area contributed by atoms with Crippen LogP contribution in [0.2, 0.25) is 0 Å². The van der Waals surface area contributed by atoms with E-state index in [1.165, 1.54) is 22.9 Å². The van der Waals surface area contributed by atoms with Gasteiger partial charge in [0.15, 0.2) is 11.1 Å². The third-order valence-electron chi connectivity index (χ3n) is 5.53. The van der Waals surface area contributed by atoms with Crippen molar-refractivity contribution in [1.82, 2.24) is 14.4 Å². The van der Waals surface area contributed by atoms with E-state index in [2.05, 4.69) is 21.8 Å². The molecule has 0 saturated heterocycles. The molecule has 3 aromatic rings. The predicted octanol–water partition coefficient (Wildman–Crippen LogP) is 4.53. The van der Waals surface area contributed by atoms with Gasteiger partial charge >= 0.3 is 12.4 Å². The zero-order valence-corrected chi connectivity index (χ0v) is 18.8. The van der Waals surface area contributed by atoms with Crippen molar-refractivity contribution in [2.75, 3.05) is 0 Å². The summed E-state index contributed by atoms with van der Waals surface area (Å²) in [6.45, 7) is 0. The third-order valence-corrected chi connectivity index (χ3v) is 6.46. The second-order valence-corrected chi connectivity index (χ2v) is 9.38. The van der Waals surface area contributed by atoms with Gasteiger partial charge in [0.2, 0.25) is 10.0 Å². The van der Waals surface area contributed by atoms with Crippen LogP contribution in [0.15, 0.2) is 59.5 Å². The van der Waals surface area contributed by atoms with Crippen molar-refractivity contribution in [2.24, 2.45) is 10.6 Å². The number of sulfonamides is 1. The molecule has 4 rings (SSSR count). The van der Waals surface area contributed by atoms with Crippen molar-refractivity contribution >= 4 is 21.2 Å². The number of hydrogen-bond acceptors (Lipinski definition) is 4.